The van der Waals surface area contributed by atoms with Gasteiger partial charge in [-0.15, -0.1) is 11.8 Å². The van der Waals surface area contributed by atoms with Crippen LogP contribution >= 0.6 is 11.8 Å². The lowest BCUT2D eigenvalue weighted by Gasteiger charge is -2.13. The van der Waals surface area contributed by atoms with E-state index in [2.05, 4.69) is 10.6 Å². The van der Waals surface area contributed by atoms with E-state index in [1.54, 1.807) is 92.0 Å². The van der Waals surface area contributed by atoms with Crippen LogP contribution in [0.4, 0.5) is 5.69 Å². The van der Waals surface area contributed by atoms with Crippen molar-refractivity contribution in [1.29, 1.82) is 0 Å². The van der Waals surface area contributed by atoms with Crippen LogP contribution in [0.3, 0.4) is 0 Å². The highest BCUT2D eigenvalue weighted by Gasteiger charge is 2.17. The largest absolute Gasteiger partial charge is 0.497 e. The zero-order valence-corrected chi connectivity index (χ0v) is 24.2. The first kappa shape index (κ1) is 30.0. The number of Topliss-reactive ketones (excluding diaryl/α,β-unsaturated/α-hetero) is 1. The molecule has 2 N–H and O–H groups in total. The van der Waals surface area contributed by atoms with E-state index in [1.165, 1.54) is 32.1 Å². The first-order chi connectivity index (χ1) is 20.4. The van der Waals surface area contributed by atoms with Crippen molar-refractivity contribution in [1.82, 2.24) is 5.32 Å². The Morgan fingerprint density at radius 1 is 0.738 bits per heavy atom. The highest BCUT2D eigenvalue weighted by atomic mass is 32.2. The molecular weight excluding hydrogens is 552 g/mol. The molecule has 0 heterocycles. The minimum atomic E-state index is -0.530. The Hall–Kier alpha value is -5.02. The predicted octanol–water partition coefficient (Wildman–Crippen LogP) is 6.10. The summed E-state index contributed by atoms with van der Waals surface area (Å²) in [6, 6.07) is 27.9. The van der Waals surface area contributed by atoms with Gasteiger partial charge in [0.05, 0.1) is 27.1 Å². The van der Waals surface area contributed by atoms with Crippen LogP contribution in [0.1, 0.15) is 26.3 Å². The van der Waals surface area contributed by atoms with Crippen LogP contribution < -0.4 is 24.8 Å². The molecule has 42 heavy (non-hydrogen) atoms. The number of rotatable bonds is 12. The fourth-order valence-electron chi connectivity index (χ4n) is 3.91. The van der Waals surface area contributed by atoms with Gasteiger partial charge < -0.3 is 24.8 Å². The van der Waals surface area contributed by atoms with E-state index >= 15 is 0 Å². The second kappa shape index (κ2) is 14.6. The van der Waals surface area contributed by atoms with E-state index < -0.39 is 11.8 Å². The standard InChI is InChI=1S/C33H30N2O6S/c1-39-26-11-7-10-23(18-26)30(36)21-42-28-15-12-25(13-16-28)34-33(38)29(35-32(37)22-8-5-4-6-9-22)20-24-19-27(40-2)14-17-31(24)41-3/h4-20H,21H2,1-3H3,(H,34,38)(H,35,37)/b29-20-. The number of methoxy groups -OCH3 is 3. The molecule has 8 nitrogen and oxygen atoms in total. The van der Waals surface area contributed by atoms with Crippen molar-refractivity contribution in [3.8, 4) is 17.2 Å². The lowest BCUT2D eigenvalue weighted by Crippen LogP contribution is -2.30. The third kappa shape index (κ3) is 8.02. The summed E-state index contributed by atoms with van der Waals surface area (Å²) in [4.78, 5) is 39.9. The maximum absolute atomic E-state index is 13.4. The van der Waals surface area contributed by atoms with Gasteiger partial charge in [0.1, 0.15) is 22.9 Å². The fraction of sp³-hybridized carbons (Fsp3) is 0.121. The highest BCUT2D eigenvalue weighted by molar-refractivity contribution is 8.00. The van der Waals surface area contributed by atoms with Crippen LogP contribution in [0, 0.1) is 0 Å². The Kier molecular flexibility index (Phi) is 10.4. The van der Waals surface area contributed by atoms with Crippen LogP contribution in [0.5, 0.6) is 17.2 Å². The normalized spacial score (nSPS) is 10.9. The molecule has 0 atom stereocenters. The quantitative estimate of drug-likeness (QED) is 0.118. The van der Waals surface area contributed by atoms with Crippen molar-refractivity contribution >= 4 is 41.1 Å². The van der Waals surface area contributed by atoms with Crippen molar-refractivity contribution in [2.75, 3.05) is 32.4 Å². The molecule has 0 aliphatic heterocycles. The van der Waals surface area contributed by atoms with E-state index in [4.69, 9.17) is 14.2 Å². The first-order valence-corrected chi connectivity index (χ1v) is 13.9. The summed E-state index contributed by atoms with van der Waals surface area (Å²) in [5, 5.41) is 5.55. The van der Waals surface area contributed by atoms with E-state index in [0.29, 0.717) is 39.6 Å². The van der Waals surface area contributed by atoms with Crippen LogP contribution in [0.2, 0.25) is 0 Å². The number of hydrogen-bond acceptors (Lipinski definition) is 7. The summed E-state index contributed by atoms with van der Waals surface area (Å²) in [5.41, 5.74) is 2.05. The lowest BCUT2D eigenvalue weighted by molar-refractivity contribution is -0.113. The van der Waals surface area contributed by atoms with Gasteiger partial charge in [-0.2, -0.15) is 0 Å². The Morgan fingerprint density at radius 3 is 2.12 bits per heavy atom. The molecule has 0 unspecified atom stereocenters. The van der Waals surface area contributed by atoms with Gasteiger partial charge in [0.15, 0.2) is 5.78 Å². The van der Waals surface area contributed by atoms with Gasteiger partial charge in [0.25, 0.3) is 11.8 Å². The van der Waals surface area contributed by atoms with Crippen molar-refractivity contribution < 1.29 is 28.6 Å². The number of ketones is 1. The fourth-order valence-corrected chi connectivity index (χ4v) is 4.70. The van der Waals surface area contributed by atoms with E-state index in [0.717, 1.165) is 4.90 Å². The third-order valence-corrected chi connectivity index (χ3v) is 7.15. The van der Waals surface area contributed by atoms with Gasteiger partial charge in [0, 0.05) is 27.3 Å². The summed E-state index contributed by atoms with van der Waals surface area (Å²) < 4.78 is 16.0. The number of benzene rings is 4. The second-order valence-electron chi connectivity index (χ2n) is 8.91. The monoisotopic (exact) mass is 582 g/mol. The maximum Gasteiger partial charge on any atom is 0.272 e. The van der Waals surface area contributed by atoms with Crippen LogP contribution in [-0.2, 0) is 4.79 Å². The zero-order chi connectivity index (χ0) is 29.9. The molecule has 0 radical (unpaired) electrons. The molecule has 4 rings (SSSR count). The molecule has 214 valence electrons. The number of amides is 2. The summed E-state index contributed by atoms with van der Waals surface area (Å²) in [5.74, 6) is 0.954. The minimum Gasteiger partial charge on any atom is -0.497 e. The first-order valence-electron chi connectivity index (χ1n) is 12.9. The van der Waals surface area contributed by atoms with E-state index in [-0.39, 0.29) is 17.2 Å². The van der Waals surface area contributed by atoms with Crippen molar-refractivity contribution in [2.24, 2.45) is 0 Å². The van der Waals surface area contributed by atoms with Gasteiger partial charge in [-0.1, -0.05) is 30.3 Å². The average Bonchev–Trinajstić information content (AvgIpc) is 3.04. The predicted molar refractivity (Wildman–Crippen MR) is 165 cm³/mol. The number of nitrogens with one attached hydrogen (secondary N) is 2. The van der Waals surface area contributed by atoms with Crippen LogP contribution in [0.15, 0.2) is 108 Å². The molecule has 0 aliphatic rings. The van der Waals surface area contributed by atoms with E-state index in [9.17, 15) is 14.4 Å². The maximum atomic E-state index is 13.4. The molecule has 2 amide bonds. The average molecular weight is 583 g/mol. The minimum absolute atomic E-state index is 0.0118. The SMILES string of the molecule is COc1cccc(C(=O)CSc2ccc(NC(=O)/C(=C/c3cc(OC)ccc3OC)NC(=O)c3ccccc3)cc2)c1. The Bertz CT molecular complexity index is 1590. The van der Waals surface area contributed by atoms with Gasteiger partial charge in [-0.25, -0.2) is 0 Å². The van der Waals surface area contributed by atoms with Gasteiger partial charge in [-0.3, -0.25) is 14.4 Å². The number of carbonyl (C=O) groups excluding carboxylic acids is 3. The molecule has 9 heteroatoms. The summed E-state index contributed by atoms with van der Waals surface area (Å²) in [6.45, 7) is 0. The summed E-state index contributed by atoms with van der Waals surface area (Å²) >= 11 is 1.39. The molecule has 0 bridgehead atoms. The summed E-state index contributed by atoms with van der Waals surface area (Å²) in [7, 11) is 4.62. The molecule has 0 saturated carbocycles. The lowest BCUT2D eigenvalue weighted by atomic mass is 10.1. The second-order valence-corrected chi connectivity index (χ2v) is 9.96. The van der Waals surface area contributed by atoms with Crippen molar-refractivity contribution in [3.05, 3.63) is 119 Å². The van der Waals surface area contributed by atoms with E-state index in [1.807, 2.05) is 12.1 Å². The molecule has 0 saturated heterocycles. The molecule has 0 aliphatic carbocycles. The van der Waals surface area contributed by atoms with Crippen LogP contribution in [0.25, 0.3) is 6.08 Å². The summed E-state index contributed by atoms with van der Waals surface area (Å²) in [6.07, 6.45) is 1.53. The number of carbonyl (C=O) groups is 3. The smallest absolute Gasteiger partial charge is 0.272 e. The third-order valence-electron chi connectivity index (χ3n) is 6.14. The van der Waals surface area contributed by atoms with Crippen LogP contribution in [-0.4, -0.2) is 44.7 Å². The van der Waals surface area contributed by atoms with Crippen molar-refractivity contribution in [3.63, 3.8) is 0 Å². The van der Waals surface area contributed by atoms with Crippen molar-refractivity contribution in [2.45, 2.75) is 4.90 Å². The number of hydrogen-bond donors (Lipinski definition) is 2. The number of ether oxygens (including phenoxy) is 3. The topological polar surface area (TPSA) is 103 Å². The molecule has 0 aromatic heterocycles. The highest BCUT2D eigenvalue weighted by Crippen LogP contribution is 2.27. The molecular formula is C33H30N2O6S. The van der Waals surface area contributed by atoms with Gasteiger partial charge >= 0.3 is 0 Å². The van der Waals surface area contributed by atoms with Gasteiger partial charge in [-0.05, 0) is 72.8 Å². The molecule has 4 aromatic carbocycles. The Morgan fingerprint density at radius 2 is 1.43 bits per heavy atom. The Balaban J connectivity index is 1.50. The Labute approximate surface area is 248 Å². The molecule has 4 aromatic rings. The number of thioether (sulfide) groups is 1. The molecule has 0 spiro atoms. The number of anilines is 1. The van der Waals surface area contributed by atoms with Gasteiger partial charge in [0.2, 0.25) is 0 Å². The molecule has 0 fully saturated rings. The zero-order valence-electron chi connectivity index (χ0n) is 23.4.